The summed E-state index contributed by atoms with van der Waals surface area (Å²) in [5, 5.41) is 13.6. The van der Waals surface area contributed by atoms with Crippen molar-refractivity contribution in [2.75, 3.05) is 5.73 Å². The number of nitrogens with zero attached hydrogens (tertiary/aromatic N) is 2. The van der Waals surface area contributed by atoms with Gasteiger partial charge in [-0.2, -0.15) is 5.10 Å². The largest absolute Gasteiger partial charge is 0.478 e. The summed E-state index contributed by atoms with van der Waals surface area (Å²) in [7, 11) is 0. The van der Waals surface area contributed by atoms with Gasteiger partial charge >= 0.3 is 5.97 Å². The Labute approximate surface area is 119 Å². The molecule has 1 aromatic heterocycles. The van der Waals surface area contributed by atoms with E-state index in [0.717, 1.165) is 21.4 Å². The summed E-state index contributed by atoms with van der Waals surface area (Å²) in [6.45, 7) is 5.58. The van der Waals surface area contributed by atoms with Gasteiger partial charge in [0.05, 0.1) is 27.1 Å². The van der Waals surface area contributed by atoms with Crippen molar-refractivity contribution < 1.29 is 9.90 Å². The smallest absolute Gasteiger partial charge is 0.337 e. The number of halogens is 1. The lowest BCUT2D eigenvalue weighted by Crippen LogP contribution is -2.08. The Kier molecular flexibility index (Phi) is 3.36. The first-order valence-corrected chi connectivity index (χ1v) is 6.47. The van der Waals surface area contributed by atoms with Gasteiger partial charge in [0.15, 0.2) is 0 Å². The highest BCUT2D eigenvalue weighted by Gasteiger charge is 2.16. The SMILES string of the molecule is Cc1cc(-n2nc(C)c(Br)c2C)cc(C(=O)O)c1N. The molecule has 19 heavy (non-hydrogen) atoms. The molecule has 1 heterocycles. The molecule has 0 radical (unpaired) electrons. The minimum atomic E-state index is -1.04. The standard InChI is InChI=1S/C13H14BrN3O2/c1-6-4-9(5-10(12(6)15)13(18)19)17-8(3)11(14)7(2)16-17/h4-5H,15H2,1-3H3,(H,18,19). The van der Waals surface area contributed by atoms with Gasteiger partial charge in [0.25, 0.3) is 0 Å². The molecule has 0 unspecified atom stereocenters. The molecule has 100 valence electrons. The number of carboxylic acids is 1. The summed E-state index contributed by atoms with van der Waals surface area (Å²) in [6.07, 6.45) is 0. The zero-order chi connectivity index (χ0) is 14.3. The fraction of sp³-hybridized carbons (Fsp3) is 0.231. The maximum Gasteiger partial charge on any atom is 0.337 e. The Morgan fingerprint density at radius 2 is 2.00 bits per heavy atom. The van der Waals surface area contributed by atoms with Gasteiger partial charge < -0.3 is 10.8 Å². The van der Waals surface area contributed by atoms with Crippen molar-refractivity contribution >= 4 is 27.6 Å². The molecular weight excluding hydrogens is 310 g/mol. The maximum atomic E-state index is 11.2. The van der Waals surface area contributed by atoms with Crippen molar-refractivity contribution in [1.29, 1.82) is 0 Å². The quantitative estimate of drug-likeness (QED) is 0.832. The normalized spacial score (nSPS) is 10.7. The lowest BCUT2D eigenvalue weighted by atomic mass is 10.1. The van der Waals surface area contributed by atoms with Crippen LogP contribution in [0.2, 0.25) is 0 Å². The van der Waals surface area contributed by atoms with Crippen LogP contribution < -0.4 is 5.73 Å². The molecule has 2 aromatic rings. The fourth-order valence-corrected chi connectivity index (χ4v) is 2.20. The molecule has 3 N–H and O–H groups in total. The second-order valence-electron chi connectivity index (χ2n) is 4.43. The molecule has 0 saturated heterocycles. The van der Waals surface area contributed by atoms with E-state index in [1.54, 1.807) is 11.6 Å². The van der Waals surface area contributed by atoms with E-state index in [9.17, 15) is 9.90 Å². The van der Waals surface area contributed by atoms with E-state index in [2.05, 4.69) is 21.0 Å². The van der Waals surface area contributed by atoms with Crippen LogP contribution in [0.25, 0.3) is 5.69 Å². The van der Waals surface area contributed by atoms with Gasteiger partial charge in [-0.15, -0.1) is 0 Å². The first-order valence-electron chi connectivity index (χ1n) is 5.68. The van der Waals surface area contributed by atoms with Crippen LogP contribution >= 0.6 is 15.9 Å². The number of hydrogen-bond acceptors (Lipinski definition) is 3. The Morgan fingerprint density at radius 3 is 2.47 bits per heavy atom. The molecule has 0 saturated carbocycles. The Morgan fingerprint density at radius 1 is 1.37 bits per heavy atom. The summed E-state index contributed by atoms with van der Waals surface area (Å²) >= 11 is 3.45. The van der Waals surface area contributed by atoms with E-state index < -0.39 is 5.97 Å². The molecule has 0 aliphatic rings. The summed E-state index contributed by atoms with van der Waals surface area (Å²) in [5.41, 5.74) is 9.35. The summed E-state index contributed by atoms with van der Waals surface area (Å²) in [5.74, 6) is -1.04. The Bertz CT molecular complexity index is 677. The van der Waals surface area contributed by atoms with Crippen LogP contribution in [-0.4, -0.2) is 20.9 Å². The van der Waals surface area contributed by atoms with Crippen LogP contribution in [0.4, 0.5) is 5.69 Å². The van der Waals surface area contributed by atoms with Crippen molar-refractivity contribution in [3.8, 4) is 5.69 Å². The number of benzene rings is 1. The van der Waals surface area contributed by atoms with E-state index in [4.69, 9.17) is 5.73 Å². The van der Waals surface area contributed by atoms with Crippen LogP contribution in [0.1, 0.15) is 27.3 Å². The van der Waals surface area contributed by atoms with Gasteiger partial charge in [-0.3, -0.25) is 0 Å². The average Bonchev–Trinajstić information content (AvgIpc) is 2.60. The third-order valence-corrected chi connectivity index (χ3v) is 4.20. The zero-order valence-corrected chi connectivity index (χ0v) is 12.4. The minimum Gasteiger partial charge on any atom is -0.478 e. The van der Waals surface area contributed by atoms with Gasteiger partial charge in [-0.25, -0.2) is 9.48 Å². The van der Waals surface area contributed by atoms with Crippen molar-refractivity contribution in [2.24, 2.45) is 0 Å². The first kappa shape index (κ1) is 13.6. The predicted molar refractivity (Wildman–Crippen MR) is 76.8 cm³/mol. The van der Waals surface area contributed by atoms with Gasteiger partial charge in [0, 0.05) is 5.69 Å². The molecule has 0 bridgehead atoms. The number of aromatic nitrogens is 2. The molecule has 0 atom stereocenters. The van der Waals surface area contributed by atoms with Crippen molar-refractivity contribution in [2.45, 2.75) is 20.8 Å². The lowest BCUT2D eigenvalue weighted by molar-refractivity contribution is 0.0698. The number of hydrogen-bond donors (Lipinski definition) is 2. The molecular formula is C13H14BrN3O2. The average molecular weight is 324 g/mol. The zero-order valence-electron chi connectivity index (χ0n) is 10.9. The van der Waals surface area contributed by atoms with E-state index >= 15 is 0 Å². The third-order valence-electron chi connectivity index (χ3n) is 3.05. The van der Waals surface area contributed by atoms with Gasteiger partial charge in [-0.05, 0) is 54.4 Å². The van der Waals surface area contributed by atoms with Crippen LogP contribution in [0.3, 0.4) is 0 Å². The van der Waals surface area contributed by atoms with E-state index in [-0.39, 0.29) is 11.3 Å². The van der Waals surface area contributed by atoms with Gasteiger partial charge in [-0.1, -0.05) is 0 Å². The lowest BCUT2D eigenvalue weighted by Gasteiger charge is -2.10. The Hall–Kier alpha value is -1.82. The molecule has 2 rings (SSSR count). The number of carboxylic acid groups (broad SMARTS) is 1. The number of aryl methyl sites for hydroxylation is 2. The topological polar surface area (TPSA) is 81.1 Å². The number of rotatable bonds is 2. The van der Waals surface area contributed by atoms with E-state index in [1.165, 1.54) is 6.07 Å². The van der Waals surface area contributed by atoms with Gasteiger partial charge in [0.1, 0.15) is 0 Å². The molecule has 6 heteroatoms. The molecule has 5 nitrogen and oxygen atoms in total. The monoisotopic (exact) mass is 323 g/mol. The molecule has 0 spiro atoms. The van der Waals surface area contributed by atoms with Crippen LogP contribution in [0.15, 0.2) is 16.6 Å². The molecule has 0 aliphatic heterocycles. The summed E-state index contributed by atoms with van der Waals surface area (Å²) < 4.78 is 2.62. The van der Waals surface area contributed by atoms with E-state index in [1.807, 2.05) is 19.9 Å². The number of aromatic carboxylic acids is 1. The minimum absolute atomic E-state index is 0.0960. The van der Waals surface area contributed by atoms with Crippen LogP contribution in [-0.2, 0) is 0 Å². The number of carbonyl (C=O) groups is 1. The highest BCUT2D eigenvalue weighted by molar-refractivity contribution is 9.10. The van der Waals surface area contributed by atoms with Crippen molar-refractivity contribution in [3.05, 3.63) is 39.1 Å². The molecule has 0 fully saturated rings. The predicted octanol–water partition coefficient (Wildman–Crippen LogP) is 2.84. The second-order valence-corrected chi connectivity index (χ2v) is 5.22. The first-order chi connectivity index (χ1) is 8.82. The third kappa shape index (κ3) is 2.23. The summed E-state index contributed by atoms with van der Waals surface area (Å²) in [4.78, 5) is 11.2. The molecule has 0 aliphatic carbocycles. The summed E-state index contributed by atoms with van der Waals surface area (Å²) in [6, 6.07) is 3.37. The highest BCUT2D eigenvalue weighted by atomic mass is 79.9. The molecule has 0 amide bonds. The van der Waals surface area contributed by atoms with Crippen LogP contribution in [0.5, 0.6) is 0 Å². The van der Waals surface area contributed by atoms with Crippen molar-refractivity contribution in [3.63, 3.8) is 0 Å². The van der Waals surface area contributed by atoms with Crippen LogP contribution in [0, 0.1) is 20.8 Å². The number of nitrogens with two attached hydrogens (primary N) is 1. The highest BCUT2D eigenvalue weighted by Crippen LogP contribution is 2.26. The maximum absolute atomic E-state index is 11.2. The van der Waals surface area contributed by atoms with Crippen molar-refractivity contribution in [1.82, 2.24) is 9.78 Å². The second kappa shape index (κ2) is 4.70. The Balaban J connectivity index is 2.69. The number of nitrogen functional groups attached to an aromatic ring is 1. The number of anilines is 1. The fourth-order valence-electron chi connectivity index (χ4n) is 1.95. The molecule has 1 aromatic carbocycles. The van der Waals surface area contributed by atoms with Gasteiger partial charge in [0.2, 0.25) is 0 Å². The van der Waals surface area contributed by atoms with E-state index in [0.29, 0.717) is 5.69 Å².